The minimum Gasteiger partial charge on any atom is -0.490 e. The molecule has 21 heavy (non-hydrogen) atoms. The lowest BCUT2D eigenvalue weighted by molar-refractivity contribution is 0.316. The first-order valence-electron chi connectivity index (χ1n) is 7.48. The van der Waals surface area contributed by atoms with Crippen LogP contribution in [-0.2, 0) is 13.0 Å². The zero-order chi connectivity index (χ0) is 14.7. The van der Waals surface area contributed by atoms with Crippen LogP contribution in [0.5, 0.6) is 5.75 Å². The summed E-state index contributed by atoms with van der Waals surface area (Å²) < 4.78 is 5.82. The number of pyridine rings is 1. The molecule has 2 aromatic rings. The minimum absolute atomic E-state index is 0.718. The zero-order valence-corrected chi connectivity index (χ0v) is 12.4. The molecule has 0 unspecified atom stereocenters. The van der Waals surface area contributed by atoms with Crippen molar-refractivity contribution in [2.75, 3.05) is 23.8 Å². The summed E-state index contributed by atoms with van der Waals surface area (Å²) in [5, 5.41) is 0. The SMILES string of the molecule is CCCOc1cccnc1N1CCc2ccc(N)cc2C1. The van der Waals surface area contributed by atoms with Crippen molar-refractivity contribution in [3.05, 3.63) is 47.7 Å². The maximum Gasteiger partial charge on any atom is 0.171 e. The average molecular weight is 283 g/mol. The Balaban J connectivity index is 1.85. The molecule has 3 rings (SSSR count). The van der Waals surface area contributed by atoms with Crippen LogP contribution in [0.15, 0.2) is 36.5 Å². The lowest BCUT2D eigenvalue weighted by Gasteiger charge is -2.31. The van der Waals surface area contributed by atoms with E-state index in [4.69, 9.17) is 10.5 Å². The summed E-state index contributed by atoms with van der Waals surface area (Å²) in [4.78, 5) is 6.79. The molecule has 2 N–H and O–H groups in total. The highest BCUT2D eigenvalue weighted by molar-refractivity contribution is 5.55. The van der Waals surface area contributed by atoms with Crippen molar-refractivity contribution in [2.45, 2.75) is 26.3 Å². The maximum absolute atomic E-state index is 5.90. The minimum atomic E-state index is 0.718. The fraction of sp³-hybridized carbons (Fsp3) is 0.353. The fourth-order valence-electron chi connectivity index (χ4n) is 2.70. The van der Waals surface area contributed by atoms with Crippen molar-refractivity contribution in [3.63, 3.8) is 0 Å². The zero-order valence-electron chi connectivity index (χ0n) is 12.4. The quantitative estimate of drug-likeness (QED) is 0.876. The van der Waals surface area contributed by atoms with Crippen molar-refractivity contribution in [2.24, 2.45) is 0 Å². The van der Waals surface area contributed by atoms with E-state index in [1.54, 1.807) is 0 Å². The van der Waals surface area contributed by atoms with Crippen molar-refractivity contribution in [1.29, 1.82) is 0 Å². The third-order valence-electron chi connectivity index (χ3n) is 3.75. The van der Waals surface area contributed by atoms with Gasteiger partial charge in [-0.2, -0.15) is 0 Å². The first-order chi connectivity index (χ1) is 10.3. The van der Waals surface area contributed by atoms with Crippen LogP contribution in [0, 0.1) is 0 Å². The smallest absolute Gasteiger partial charge is 0.171 e. The summed E-state index contributed by atoms with van der Waals surface area (Å²) in [6, 6.07) is 10.1. The molecule has 0 aliphatic carbocycles. The number of aromatic nitrogens is 1. The lowest BCUT2D eigenvalue weighted by Crippen LogP contribution is -2.31. The highest BCUT2D eigenvalue weighted by atomic mass is 16.5. The summed E-state index contributed by atoms with van der Waals surface area (Å²) in [7, 11) is 0. The average Bonchev–Trinajstić information content (AvgIpc) is 2.52. The molecule has 110 valence electrons. The normalized spacial score (nSPS) is 13.9. The number of fused-ring (bicyclic) bond motifs is 1. The summed E-state index contributed by atoms with van der Waals surface area (Å²) in [6.45, 7) is 4.61. The third kappa shape index (κ3) is 2.94. The van der Waals surface area contributed by atoms with Gasteiger partial charge in [-0.25, -0.2) is 4.98 Å². The number of nitrogen functional groups attached to an aromatic ring is 1. The van der Waals surface area contributed by atoms with Gasteiger partial charge in [0.05, 0.1) is 6.61 Å². The Bertz CT molecular complexity index is 627. The van der Waals surface area contributed by atoms with Crippen molar-refractivity contribution < 1.29 is 4.74 Å². The van der Waals surface area contributed by atoms with Crippen LogP contribution in [-0.4, -0.2) is 18.1 Å². The highest BCUT2D eigenvalue weighted by Crippen LogP contribution is 2.30. The molecule has 0 amide bonds. The Kier molecular flexibility index (Phi) is 3.95. The number of ether oxygens (including phenoxy) is 1. The number of benzene rings is 1. The van der Waals surface area contributed by atoms with E-state index in [0.29, 0.717) is 0 Å². The van der Waals surface area contributed by atoms with Gasteiger partial charge < -0.3 is 15.4 Å². The number of nitrogens with two attached hydrogens (primary N) is 1. The van der Waals surface area contributed by atoms with Crippen LogP contribution in [0.25, 0.3) is 0 Å². The molecular weight excluding hydrogens is 262 g/mol. The molecule has 1 aliphatic rings. The summed E-state index contributed by atoms with van der Waals surface area (Å²) >= 11 is 0. The molecule has 0 atom stereocenters. The summed E-state index contributed by atoms with van der Waals surface area (Å²) in [5.74, 6) is 1.80. The number of anilines is 2. The first-order valence-corrected chi connectivity index (χ1v) is 7.48. The standard InChI is InChI=1S/C17H21N3O/c1-2-10-21-16-4-3-8-19-17(16)20-9-7-13-5-6-15(18)11-14(13)12-20/h3-6,8,11H,2,7,9-10,12,18H2,1H3. The van der Waals surface area contributed by atoms with Crippen molar-refractivity contribution in [3.8, 4) is 5.75 Å². The second-order valence-corrected chi connectivity index (χ2v) is 5.37. The third-order valence-corrected chi connectivity index (χ3v) is 3.75. The van der Waals surface area contributed by atoms with Crippen LogP contribution in [0.3, 0.4) is 0 Å². The van der Waals surface area contributed by atoms with Gasteiger partial charge in [0, 0.05) is 25.0 Å². The Morgan fingerprint density at radius 1 is 1.29 bits per heavy atom. The molecule has 0 bridgehead atoms. The van der Waals surface area contributed by atoms with Gasteiger partial charge in [-0.3, -0.25) is 0 Å². The van der Waals surface area contributed by atoms with Crippen molar-refractivity contribution in [1.82, 2.24) is 4.98 Å². The molecule has 0 saturated heterocycles. The van der Waals surface area contributed by atoms with Crippen LogP contribution >= 0.6 is 0 Å². The van der Waals surface area contributed by atoms with Crippen molar-refractivity contribution >= 4 is 11.5 Å². The second-order valence-electron chi connectivity index (χ2n) is 5.37. The number of hydrogen-bond donors (Lipinski definition) is 1. The summed E-state index contributed by atoms with van der Waals surface area (Å²) in [6.07, 6.45) is 3.83. The summed E-state index contributed by atoms with van der Waals surface area (Å²) in [5.41, 5.74) is 9.39. The van der Waals surface area contributed by atoms with Gasteiger partial charge in [0.15, 0.2) is 11.6 Å². The Morgan fingerprint density at radius 3 is 3.05 bits per heavy atom. The van der Waals surface area contributed by atoms with E-state index in [-0.39, 0.29) is 0 Å². The van der Waals surface area contributed by atoms with Crippen LogP contribution in [0.4, 0.5) is 11.5 Å². The van der Waals surface area contributed by atoms with E-state index in [1.165, 1.54) is 11.1 Å². The van der Waals surface area contributed by atoms with Gasteiger partial charge in [0.25, 0.3) is 0 Å². The monoisotopic (exact) mass is 283 g/mol. The van der Waals surface area contributed by atoms with Crippen LogP contribution in [0.1, 0.15) is 24.5 Å². The van der Waals surface area contributed by atoms with Crippen LogP contribution < -0.4 is 15.4 Å². The van der Waals surface area contributed by atoms with E-state index >= 15 is 0 Å². The molecule has 0 radical (unpaired) electrons. The van der Waals surface area contributed by atoms with Crippen LogP contribution in [0.2, 0.25) is 0 Å². The predicted molar refractivity (Wildman–Crippen MR) is 85.6 cm³/mol. The van der Waals surface area contributed by atoms with E-state index in [2.05, 4.69) is 28.9 Å². The second kappa shape index (κ2) is 6.04. The van der Waals surface area contributed by atoms with E-state index < -0.39 is 0 Å². The number of hydrogen-bond acceptors (Lipinski definition) is 4. The van der Waals surface area contributed by atoms with Gasteiger partial charge >= 0.3 is 0 Å². The maximum atomic E-state index is 5.90. The Labute approximate surface area is 125 Å². The van der Waals surface area contributed by atoms with E-state index in [0.717, 1.165) is 49.8 Å². The molecule has 4 nitrogen and oxygen atoms in total. The Morgan fingerprint density at radius 2 is 2.19 bits per heavy atom. The topological polar surface area (TPSA) is 51.4 Å². The Hall–Kier alpha value is -2.23. The highest BCUT2D eigenvalue weighted by Gasteiger charge is 2.20. The molecule has 0 fully saturated rings. The molecule has 1 aliphatic heterocycles. The lowest BCUT2D eigenvalue weighted by atomic mass is 9.99. The molecule has 0 spiro atoms. The van der Waals surface area contributed by atoms with E-state index in [9.17, 15) is 0 Å². The van der Waals surface area contributed by atoms with Gasteiger partial charge in [-0.05, 0) is 48.2 Å². The number of rotatable bonds is 4. The predicted octanol–water partition coefficient (Wildman–Crippen LogP) is 3.02. The number of nitrogens with zero attached hydrogens (tertiary/aromatic N) is 2. The van der Waals surface area contributed by atoms with Gasteiger partial charge in [-0.15, -0.1) is 0 Å². The molecule has 0 saturated carbocycles. The molecule has 1 aromatic carbocycles. The van der Waals surface area contributed by atoms with Gasteiger partial charge in [-0.1, -0.05) is 13.0 Å². The first kappa shape index (κ1) is 13.7. The van der Waals surface area contributed by atoms with Gasteiger partial charge in [0.2, 0.25) is 0 Å². The molecule has 2 heterocycles. The molecule has 4 heteroatoms. The molecular formula is C17H21N3O. The largest absolute Gasteiger partial charge is 0.490 e. The van der Waals surface area contributed by atoms with E-state index in [1.807, 2.05) is 24.4 Å². The molecule has 1 aromatic heterocycles. The van der Waals surface area contributed by atoms with Gasteiger partial charge in [0.1, 0.15) is 0 Å². The fourth-order valence-corrected chi connectivity index (χ4v) is 2.70.